The lowest BCUT2D eigenvalue weighted by Gasteiger charge is -2.22. The highest BCUT2D eigenvalue weighted by molar-refractivity contribution is 5.52. The highest BCUT2D eigenvalue weighted by Gasteiger charge is 2.05. The molecule has 2 nitrogen and oxygen atoms in total. The second-order valence-corrected chi connectivity index (χ2v) is 6.00. The first kappa shape index (κ1) is 15.6. The molecule has 0 heterocycles. The van der Waals surface area contributed by atoms with E-state index < -0.39 is 0 Å². The molecule has 2 rings (SSSR count). The molecule has 0 saturated heterocycles. The summed E-state index contributed by atoms with van der Waals surface area (Å²) in [6.07, 6.45) is 0. The molecule has 0 bridgehead atoms. The van der Waals surface area contributed by atoms with Gasteiger partial charge in [-0.05, 0) is 29.7 Å². The molecular weight excluding hydrogens is 256 g/mol. The molecule has 0 spiro atoms. The monoisotopic (exact) mass is 282 g/mol. The van der Waals surface area contributed by atoms with Gasteiger partial charge in [0.25, 0.3) is 0 Å². The zero-order valence-electron chi connectivity index (χ0n) is 13.6. The first-order chi connectivity index (χ1) is 10.1. The largest absolute Gasteiger partial charge is 0.370 e. The van der Waals surface area contributed by atoms with Crippen LogP contribution in [0.4, 0.5) is 5.69 Å². The molecule has 112 valence electrons. The Bertz CT molecular complexity index is 575. The lowest BCUT2D eigenvalue weighted by atomic mass is 10.1. The first-order valence-electron chi connectivity index (χ1n) is 7.64. The second kappa shape index (κ2) is 7.28. The molecule has 0 aromatic heterocycles. The lowest BCUT2D eigenvalue weighted by Crippen LogP contribution is -2.22. The van der Waals surface area contributed by atoms with Crippen LogP contribution in [0.2, 0.25) is 0 Å². The van der Waals surface area contributed by atoms with Crippen LogP contribution in [0.1, 0.15) is 30.5 Å². The summed E-state index contributed by atoms with van der Waals surface area (Å²) in [5.74, 6) is 0. The molecule has 2 heteroatoms. The molecule has 0 radical (unpaired) electrons. The summed E-state index contributed by atoms with van der Waals surface area (Å²) in [5, 5.41) is 3.47. The van der Waals surface area contributed by atoms with Crippen LogP contribution in [0, 0.1) is 6.92 Å². The van der Waals surface area contributed by atoms with E-state index in [1.54, 1.807) is 0 Å². The molecule has 0 fully saturated rings. The normalized spacial score (nSPS) is 10.9. The van der Waals surface area contributed by atoms with E-state index >= 15 is 0 Å². The summed E-state index contributed by atoms with van der Waals surface area (Å²) >= 11 is 0. The molecule has 0 aliphatic rings. The van der Waals surface area contributed by atoms with Crippen LogP contribution in [0.5, 0.6) is 0 Å². The Kier molecular flexibility index (Phi) is 5.40. The maximum absolute atomic E-state index is 3.47. The maximum atomic E-state index is 3.47. The Labute approximate surface area is 128 Å². The van der Waals surface area contributed by atoms with Gasteiger partial charge in [0.05, 0.1) is 0 Å². The van der Waals surface area contributed by atoms with Crippen molar-refractivity contribution < 1.29 is 0 Å². The summed E-state index contributed by atoms with van der Waals surface area (Å²) in [4.78, 5) is 2.31. The van der Waals surface area contributed by atoms with Gasteiger partial charge >= 0.3 is 0 Å². The molecule has 0 saturated carbocycles. The number of nitrogens with one attached hydrogen (secondary N) is 1. The quantitative estimate of drug-likeness (QED) is 0.857. The topological polar surface area (TPSA) is 15.3 Å². The van der Waals surface area contributed by atoms with Gasteiger partial charge in [0.2, 0.25) is 0 Å². The summed E-state index contributed by atoms with van der Waals surface area (Å²) in [7, 11) is 2.15. The van der Waals surface area contributed by atoms with Crippen LogP contribution < -0.4 is 10.2 Å². The minimum Gasteiger partial charge on any atom is -0.370 e. The van der Waals surface area contributed by atoms with Gasteiger partial charge in [-0.1, -0.05) is 56.3 Å². The van der Waals surface area contributed by atoms with Gasteiger partial charge in [0.1, 0.15) is 0 Å². The van der Waals surface area contributed by atoms with Crippen molar-refractivity contribution in [2.24, 2.45) is 0 Å². The Balaban J connectivity index is 2.05. The van der Waals surface area contributed by atoms with Crippen molar-refractivity contribution in [1.29, 1.82) is 0 Å². The number of hydrogen-bond donors (Lipinski definition) is 1. The second-order valence-electron chi connectivity index (χ2n) is 6.00. The van der Waals surface area contributed by atoms with Crippen LogP contribution in [0.3, 0.4) is 0 Å². The van der Waals surface area contributed by atoms with Crippen molar-refractivity contribution in [2.75, 3.05) is 11.9 Å². The minimum atomic E-state index is 0.517. The molecule has 1 N–H and O–H groups in total. The fraction of sp³-hybridized carbons (Fsp3) is 0.368. The Morgan fingerprint density at radius 1 is 1.00 bits per heavy atom. The van der Waals surface area contributed by atoms with Gasteiger partial charge in [-0.15, -0.1) is 0 Å². The summed E-state index contributed by atoms with van der Waals surface area (Å²) in [6, 6.07) is 17.9. The Morgan fingerprint density at radius 3 is 2.43 bits per heavy atom. The van der Waals surface area contributed by atoms with Crippen molar-refractivity contribution >= 4 is 5.69 Å². The summed E-state index contributed by atoms with van der Waals surface area (Å²) < 4.78 is 0. The number of nitrogens with zero attached hydrogens (tertiary/aromatic N) is 1. The average molecular weight is 282 g/mol. The van der Waals surface area contributed by atoms with Crippen LogP contribution in [-0.4, -0.2) is 13.1 Å². The van der Waals surface area contributed by atoms with E-state index in [1.807, 2.05) is 0 Å². The molecule has 2 aromatic rings. The Hall–Kier alpha value is -1.80. The van der Waals surface area contributed by atoms with Gasteiger partial charge in [-0.2, -0.15) is 0 Å². The van der Waals surface area contributed by atoms with Crippen molar-refractivity contribution in [1.82, 2.24) is 5.32 Å². The molecule has 0 aliphatic carbocycles. The number of hydrogen-bond acceptors (Lipinski definition) is 2. The van der Waals surface area contributed by atoms with Gasteiger partial charge in [-0.3, -0.25) is 0 Å². The number of benzene rings is 2. The number of aryl methyl sites for hydroxylation is 1. The van der Waals surface area contributed by atoms with E-state index in [1.165, 1.54) is 22.4 Å². The highest BCUT2D eigenvalue weighted by Crippen LogP contribution is 2.20. The molecular formula is C19H26N2. The summed E-state index contributed by atoms with van der Waals surface area (Å²) in [5.41, 5.74) is 5.31. The van der Waals surface area contributed by atoms with E-state index in [0.717, 1.165) is 13.1 Å². The standard InChI is InChI=1S/C19H26N2/c1-15(2)20-13-17-9-7-10-18(12-17)14-21(4)19-11-6-5-8-16(19)3/h5-12,15,20H,13-14H2,1-4H3. The van der Waals surface area contributed by atoms with Crippen molar-refractivity contribution in [2.45, 2.75) is 39.9 Å². The third-order valence-corrected chi connectivity index (χ3v) is 3.65. The van der Waals surface area contributed by atoms with Gasteiger partial charge in [0, 0.05) is 31.9 Å². The van der Waals surface area contributed by atoms with E-state index in [9.17, 15) is 0 Å². The molecule has 0 unspecified atom stereocenters. The fourth-order valence-electron chi connectivity index (χ4n) is 2.51. The van der Waals surface area contributed by atoms with Gasteiger partial charge < -0.3 is 10.2 Å². The zero-order valence-corrected chi connectivity index (χ0v) is 13.6. The number of anilines is 1. The minimum absolute atomic E-state index is 0.517. The number of para-hydroxylation sites is 1. The van der Waals surface area contributed by atoms with Gasteiger partial charge in [0.15, 0.2) is 0 Å². The molecule has 0 aliphatic heterocycles. The number of rotatable bonds is 6. The lowest BCUT2D eigenvalue weighted by molar-refractivity contribution is 0.588. The van der Waals surface area contributed by atoms with Crippen LogP contribution in [0.25, 0.3) is 0 Å². The maximum Gasteiger partial charge on any atom is 0.0426 e. The van der Waals surface area contributed by atoms with E-state index in [-0.39, 0.29) is 0 Å². The van der Waals surface area contributed by atoms with Crippen LogP contribution >= 0.6 is 0 Å². The Morgan fingerprint density at radius 2 is 1.71 bits per heavy atom. The van der Waals surface area contributed by atoms with Crippen molar-refractivity contribution in [3.8, 4) is 0 Å². The van der Waals surface area contributed by atoms with E-state index in [0.29, 0.717) is 6.04 Å². The van der Waals surface area contributed by atoms with Crippen LogP contribution in [0.15, 0.2) is 48.5 Å². The smallest absolute Gasteiger partial charge is 0.0426 e. The molecule has 0 amide bonds. The average Bonchev–Trinajstić information content (AvgIpc) is 2.46. The third kappa shape index (κ3) is 4.61. The van der Waals surface area contributed by atoms with E-state index in [4.69, 9.17) is 0 Å². The molecule has 2 aromatic carbocycles. The predicted molar refractivity (Wildman–Crippen MR) is 91.7 cm³/mol. The fourth-order valence-corrected chi connectivity index (χ4v) is 2.51. The third-order valence-electron chi connectivity index (χ3n) is 3.65. The predicted octanol–water partition coefficient (Wildman–Crippen LogP) is 4.13. The van der Waals surface area contributed by atoms with Crippen LogP contribution in [-0.2, 0) is 13.1 Å². The van der Waals surface area contributed by atoms with E-state index in [2.05, 4.69) is 86.6 Å². The van der Waals surface area contributed by atoms with Gasteiger partial charge in [-0.25, -0.2) is 0 Å². The molecule has 21 heavy (non-hydrogen) atoms. The van der Waals surface area contributed by atoms with Crippen molar-refractivity contribution in [3.63, 3.8) is 0 Å². The highest BCUT2D eigenvalue weighted by atomic mass is 15.1. The summed E-state index contributed by atoms with van der Waals surface area (Å²) in [6.45, 7) is 8.38. The SMILES string of the molecule is Cc1ccccc1N(C)Cc1cccc(CNC(C)C)c1. The van der Waals surface area contributed by atoms with Crippen molar-refractivity contribution in [3.05, 3.63) is 65.2 Å². The zero-order chi connectivity index (χ0) is 15.2. The first-order valence-corrected chi connectivity index (χ1v) is 7.64. The molecule has 0 atom stereocenters.